The van der Waals surface area contributed by atoms with Gasteiger partial charge in [0.25, 0.3) is 0 Å². The lowest BCUT2D eigenvalue weighted by atomic mass is 10.1. The van der Waals surface area contributed by atoms with Gasteiger partial charge in [-0.05, 0) is 20.3 Å². The van der Waals surface area contributed by atoms with E-state index in [9.17, 15) is 4.79 Å². The van der Waals surface area contributed by atoms with Gasteiger partial charge >= 0.3 is 0 Å². The molecule has 3 heteroatoms. The van der Waals surface area contributed by atoms with E-state index in [1.807, 2.05) is 20.8 Å². The van der Waals surface area contributed by atoms with Crippen LogP contribution in [0.25, 0.3) is 0 Å². The van der Waals surface area contributed by atoms with Crippen molar-refractivity contribution in [2.45, 2.75) is 45.7 Å². The third-order valence-electron chi connectivity index (χ3n) is 2.04. The molecule has 0 bridgehead atoms. The molecule has 0 spiro atoms. The van der Waals surface area contributed by atoms with Crippen molar-refractivity contribution in [2.24, 2.45) is 5.73 Å². The third-order valence-corrected chi connectivity index (χ3v) is 2.04. The van der Waals surface area contributed by atoms with Crippen molar-refractivity contribution >= 4 is 5.91 Å². The van der Waals surface area contributed by atoms with Crippen molar-refractivity contribution in [3.63, 3.8) is 0 Å². The van der Waals surface area contributed by atoms with E-state index in [2.05, 4.69) is 0 Å². The molecule has 0 saturated carbocycles. The number of carbonyl (C=O) groups excluding carboxylic acids is 1. The monoisotopic (exact) mass is 172 g/mol. The minimum Gasteiger partial charge on any atom is -0.342 e. The molecule has 0 heterocycles. The van der Waals surface area contributed by atoms with Crippen LogP contribution in [0.15, 0.2) is 0 Å². The van der Waals surface area contributed by atoms with Crippen molar-refractivity contribution in [3.8, 4) is 0 Å². The van der Waals surface area contributed by atoms with Crippen LogP contribution in [0.3, 0.4) is 0 Å². The van der Waals surface area contributed by atoms with Crippen molar-refractivity contribution in [1.82, 2.24) is 4.90 Å². The van der Waals surface area contributed by atoms with Gasteiger partial charge in [-0.15, -0.1) is 0 Å². The van der Waals surface area contributed by atoms with Crippen LogP contribution in [-0.4, -0.2) is 29.9 Å². The number of hydrogen-bond acceptors (Lipinski definition) is 2. The Balaban J connectivity index is 4.00. The van der Waals surface area contributed by atoms with Gasteiger partial charge in [0.2, 0.25) is 5.91 Å². The summed E-state index contributed by atoms with van der Waals surface area (Å²) in [6.45, 7) is 6.00. The van der Waals surface area contributed by atoms with Gasteiger partial charge in [0, 0.05) is 13.1 Å². The van der Waals surface area contributed by atoms with Gasteiger partial charge in [0.15, 0.2) is 0 Å². The molecule has 3 nitrogen and oxygen atoms in total. The number of nitrogens with two attached hydrogens (primary N) is 1. The summed E-state index contributed by atoms with van der Waals surface area (Å²) in [5.41, 5.74) is 5.68. The number of amides is 1. The summed E-state index contributed by atoms with van der Waals surface area (Å²) >= 11 is 0. The molecule has 0 rings (SSSR count). The van der Waals surface area contributed by atoms with Crippen LogP contribution in [-0.2, 0) is 4.79 Å². The molecule has 0 aromatic carbocycles. The predicted octanol–water partition coefficient (Wildman–Crippen LogP) is 0.981. The number of likely N-dealkylation sites (N-methyl/N-ethyl adjacent to an activating group) is 1. The summed E-state index contributed by atoms with van der Waals surface area (Å²) in [6.07, 6.45) is 1.73. The Morgan fingerprint density at radius 2 is 2.00 bits per heavy atom. The van der Waals surface area contributed by atoms with E-state index >= 15 is 0 Å². The first-order valence-corrected chi connectivity index (χ1v) is 4.53. The minimum atomic E-state index is -0.317. The van der Waals surface area contributed by atoms with E-state index < -0.39 is 0 Å². The van der Waals surface area contributed by atoms with E-state index in [0.717, 1.165) is 12.8 Å². The SMILES string of the molecule is CCCC(N)C(=O)N(C)C(C)C. The van der Waals surface area contributed by atoms with Gasteiger partial charge in [-0.1, -0.05) is 13.3 Å². The zero-order valence-electron chi connectivity index (χ0n) is 8.50. The highest BCUT2D eigenvalue weighted by Crippen LogP contribution is 2.01. The molecule has 1 atom stereocenters. The van der Waals surface area contributed by atoms with Crippen LogP contribution in [0.1, 0.15) is 33.6 Å². The van der Waals surface area contributed by atoms with E-state index in [0.29, 0.717) is 0 Å². The number of hydrogen-bond donors (Lipinski definition) is 1. The highest BCUT2D eigenvalue weighted by molar-refractivity contribution is 5.81. The van der Waals surface area contributed by atoms with Crippen LogP contribution in [0.2, 0.25) is 0 Å². The number of carbonyl (C=O) groups is 1. The second-order valence-corrected chi connectivity index (χ2v) is 3.44. The zero-order valence-corrected chi connectivity index (χ0v) is 8.50. The molecule has 1 amide bonds. The highest BCUT2D eigenvalue weighted by atomic mass is 16.2. The molecule has 0 saturated heterocycles. The van der Waals surface area contributed by atoms with Crippen LogP contribution in [0.5, 0.6) is 0 Å². The Kier molecular flexibility index (Phi) is 4.90. The number of nitrogens with zero attached hydrogens (tertiary/aromatic N) is 1. The van der Waals surface area contributed by atoms with Gasteiger partial charge in [-0.3, -0.25) is 4.79 Å². The zero-order chi connectivity index (χ0) is 9.72. The van der Waals surface area contributed by atoms with E-state index in [-0.39, 0.29) is 18.0 Å². The normalized spacial score (nSPS) is 13.2. The molecular formula is C9H20N2O. The highest BCUT2D eigenvalue weighted by Gasteiger charge is 2.18. The Bertz CT molecular complexity index is 145. The van der Waals surface area contributed by atoms with Gasteiger partial charge in [-0.2, -0.15) is 0 Å². The molecule has 0 fully saturated rings. The van der Waals surface area contributed by atoms with Gasteiger partial charge in [-0.25, -0.2) is 0 Å². The van der Waals surface area contributed by atoms with Gasteiger partial charge in [0.1, 0.15) is 0 Å². The minimum absolute atomic E-state index is 0.0480. The Hall–Kier alpha value is -0.570. The maximum atomic E-state index is 11.5. The average molecular weight is 172 g/mol. The summed E-state index contributed by atoms with van der Waals surface area (Å²) < 4.78 is 0. The van der Waals surface area contributed by atoms with Crippen molar-refractivity contribution in [1.29, 1.82) is 0 Å². The molecule has 0 radical (unpaired) electrons. The van der Waals surface area contributed by atoms with Gasteiger partial charge < -0.3 is 10.6 Å². The van der Waals surface area contributed by atoms with E-state index in [1.54, 1.807) is 11.9 Å². The first-order chi connectivity index (χ1) is 5.50. The smallest absolute Gasteiger partial charge is 0.239 e. The first-order valence-electron chi connectivity index (χ1n) is 4.53. The summed E-state index contributed by atoms with van der Waals surface area (Å²) in [5.74, 6) is 0.0480. The summed E-state index contributed by atoms with van der Waals surface area (Å²) in [5, 5.41) is 0. The second-order valence-electron chi connectivity index (χ2n) is 3.44. The Morgan fingerprint density at radius 1 is 1.50 bits per heavy atom. The average Bonchev–Trinajstić information content (AvgIpc) is 2.02. The molecule has 2 N–H and O–H groups in total. The molecule has 0 aliphatic rings. The largest absolute Gasteiger partial charge is 0.342 e. The second kappa shape index (κ2) is 5.14. The topological polar surface area (TPSA) is 46.3 Å². The molecule has 0 aliphatic heterocycles. The predicted molar refractivity (Wildman–Crippen MR) is 50.8 cm³/mol. The quantitative estimate of drug-likeness (QED) is 0.687. The fraction of sp³-hybridized carbons (Fsp3) is 0.889. The standard InChI is InChI=1S/C9H20N2O/c1-5-6-8(10)9(12)11(4)7(2)3/h7-8H,5-6,10H2,1-4H3. The Morgan fingerprint density at radius 3 is 2.33 bits per heavy atom. The third kappa shape index (κ3) is 3.22. The van der Waals surface area contributed by atoms with Crippen molar-refractivity contribution in [3.05, 3.63) is 0 Å². The fourth-order valence-corrected chi connectivity index (χ4v) is 0.951. The molecule has 1 unspecified atom stereocenters. The molecule has 0 aliphatic carbocycles. The lowest BCUT2D eigenvalue weighted by Gasteiger charge is -2.24. The van der Waals surface area contributed by atoms with Crippen LogP contribution < -0.4 is 5.73 Å². The maximum absolute atomic E-state index is 11.5. The van der Waals surface area contributed by atoms with Crippen LogP contribution in [0, 0.1) is 0 Å². The lowest BCUT2D eigenvalue weighted by Crippen LogP contribution is -2.44. The summed E-state index contributed by atoms with van der Waals surface area (Å²) in [7, 11) is 1.79. The summed E-state index contributed by atoms with van der Waals surface area (Å²) in [6, 6.07) is -0.0807. The fourth-order valence-electron chi connectivity index (χ4n) is 0.951. The van der Waals surface area contributed by atoms with Gasteiger partial charge in [0.05, 0.1) is 6.04 Å². The Labute approximate surface area is 74.9 Å². The molecule has 12 heavy (non-hydrogen) atoms. The molecule has 0 aromatic rings. The lowest BCUT2D eigenvalue weighted by molar-refractivity contribution is -0.132. The van der Waals surface area contributed by atoms with E-state index in [1.165, 1.54) is 0 Å². The number of rotatable bonds is 4. The summed E-state index contributed by atoms with van der Waals surface area (Å²) in [4.78, 5) is 13.2. The van der Waals surface area contributed by atoms with E-state index in [4.69, 9.17) is 5.73 Å². The van der Waals surface area contributed by atoms with Crippen molar-refractivity contribution < 1.29 is 4.79 Å². The first kappa shape index (κ1) is 11.4. The van der Waals surface area contributed by atoms with Crippen molar-refractivity contribution in [2.75, 3.05) is 7.05 Å². The molecule has 72 valence electrons. The molecule has 0 aromatic heterocycles. The van der Waals surface area contributed by atoms with Crippen LogP contribution >= 0.6 is 0 Å². The van der Waals surface area contributed by atoms with Crippen LogP contribution in [0.4, 0.5) is 0 Å². The molecular weight excluding hydrogens is 152 g/mol. The maximum Gasteiger partial charge on any atom is 0.239 e.